The molecule has 1 atom stereocenters. The molecule has 3 amide bonds. The lowest BCUT2D eigenvalue weighted by Crippen LogP contribution is -2.41. The zero-order chi connectivity index (χ0) is 19.0. The lowest BCUT2D eigenvalue weighted by atomic mass is 10.00. The van der Waals surface area contributed by atoms with E-state index in [-0.39, 0.29) is 18.0 Å². The molecule has 1 unspecified atom stereocenters. The van der Waals surface area contributed by atoms with E-state index in [0.29, 0.717) is 6.54 Å². The Balaban J connectivity index is 1.47. The number of carbonyl (C=O) groups is 2. The van der Waals surface area contributed by atoms with Gasteiger partial charge in [0, 0.05) is 38.1 Å². The van der Waals surface area contributed by atoms with Gasteiger partial charge in [0.2, 0.25) is 0 Å². The fourth-order valence-electron chi connectivity index (χ4n) is 4.14. The summed E-state index contributed by atoms with van der Waals surface area (Å²) in [7, 11) is 0. The Hall–Kier alpha value is -2.60. The highest BCUT2D eigenvalue weighted by Crippen LogP contribution is 2.32. The van der Waals surface area contributed by atoms with Crippen molar-refractivity contribution in [1.82, 2.24) is 19.7 Å². The summed E-state index contributed by atoms with van der Waals surface area (Å²) in [6.07, 6.45) is 2.90. The molecule has 2 aromatic rings. The molecule has 1 fully saturated rings. The van der Waals surface area contributed by atoms with Crippen molar-refractivity contribution >= 4 is 11.9 Å². The number of amides is 3. The second kappa shape index (κ2) is 6.85. The number of aromatic nitrogens is 1. The van der Waals surface area contributed by atoms with Crippen molar-refractivity contribution in [3.05, 3.63) is 59.9 Å². The van der Waals surface area contributed by atoms with E-state index in [2.05, 4.69) is 57.4 Å². The molecule has 1 aromatic carbocycles. The summed E-state index contributed by atoms with van der Waals surface area (Å²) in [5.74, 6) is -0.139. The Bertz CT molecular complexity index is 843. The number of imide groups is 1. The van der Waals surface area contributed by atoms with Gasteiger partial charge in [0.25, 0.3) is 5.91 Å². The summed E-state index contributed by atoms with van der Waals surface area (Å²) in [6.45, 7) is 6.69. The molecule has 27 heavy (non-hydrogen) atoms. The second-order valence-electron chi connectivity index (χ2n) is 7.84. The minimum atomic E-state index is -0.796. The first-order valence-corrected chi connectivity index (χ1v) is 9.55. The van der Waals surface area contributed by atoms with E-state index in [9.17, 15) is 9.59 Å². The van der Waals surface area contributed by atoms with Gasteiger partial charge >= 0.3 is 6.03 Å². The fourth-order valence-corrected chi connectivity index (χ4v) is 4.14. The van der Waals surface area contributed by atoms with Crippen LogP contribution in [0.5, 0.6) is 0 Å². The van der Waals surface area contributed by atoms with Crippen LogP contribution in [0.1, 0.15) is 37.6 Å². The van der Waals surface area contributed by atoms with Crippen LogP contribution in [-0.2, 0) is 11.3 Å². The summed E-state index contributed by atoms with van der Waals surface area (Å²) < 4.78 is 2.31. The zero-order valence-electron chi connectivity index (χ0n) is 15.9. The summed E-state index contributed by atoms with van der Waals surface area (Å²) >= 11 is 0. The van der Waals surface area contributed by atoms with Crippen LogP contribution in [0.25, 0.3) is 0 Å². The standard InChI is InChI=1S/C21H26N4O2/c1-21(2)19(26)25(20(27)22-21)13-7-12-24-15-14-23-11-6-10-17(23)18(24)16-8-4-3-5-9-16/h3-6,8-11,18H,7,12-15H2,1-2H3,(H,22,27). The van der Waals surface area contributed by atoms with Crippen LogP contribution in [0.3, 0.4) is 0 Å². The van der Waals surface area contributed by atoms with E-state index < -0.39 is 5.54 Å². The molecule has 0 spiro atoms. The van der Waals surface area contributed by atoms with Crippen LogP contribution in [0.2, 0.25) is 0 Å². The van der Waals surface area contributed by atoms with Crippen molar-refractivity contribution in [3.8, 4) is 0 Å². The van der Waals surface area contributed by atoms with Crippen molar-refractivity contribution in [2.75, 3.05) is 19.6 Å². The van der Waals surface area contributed by atoms with Gasteiger partial charge in [-0.25, -0.2) is 4.79 Å². The molecular formula is C21H26N4O2. The number of nitrogens with zero attached hydrogens (tertiary/aromatic N) is 3. The van der Waals surface area contributed by atoms with Crippen LogP contribution in [0.15, 0.2) is 48.7 Å². The van der Waals surface area contributed by atoms with Crippen LogP contribution < -0.4 is 5.32 Å². The highest BCUT2D eigenvalue weighted by molar-refractivity contribution is 6.06. The highest BCUT2D eigenvalue weighted by atomic mass is 16.2. The monoisotopic (exact) mass is 366 g/mol. The Morgan fingerprint density at radius 3 is 2.52 bits per heavy atom. The lowest BCUT2D eigenvalue weighted by molar-refractivity contribution is -0.130. The van der Waals surface area contributed by atoms with Crippen molar-refractivity contribution in [2.45, 2.75) is 38.4 Å². The summed E-state index contributed by atoms with van der Waals surface area (Å²) in [5, 5.41) is 2.75. The number of rotatable bonds is 5. The molecule has 6 nitrogen and oxygen atoms in total. The Labute approximate surface area is 159 Å². The lowest BCUT2D eigenvalue weighted by Gasteiger charge is -2.37. The average Bonchev–Trinajstić information content (AvgIpc) is 3.19. The summed E-state index contributed by atoms with van der Waals surface area (Å²) in [6, 6.07) is 14.7. The number of fused-ring (bicyclic) bond motifs is 1. The normalized spacial score (nSPS) is 22.0. The molecule has 1 saturated heterocycles. The van der Waals surface area contributed by atoms with Gasteiger partial charge in [-0.1, -0.05) is 30.3 Å². The number of carbonyl (C=O) groups excluding carboxylic acids is 2. The number of benzene rings is 1. The third-order valence-electron chi connectivity index (χ3n) is 5.52. The van der Waals surface area contributed by atoms with Gasteiger partial charge in [0.15, 0.2) is 0 Å². The van der Waals surface area contributed by atoms with Crippen molar-refractivity contribution in [2.24, 2.45) is 0 Å². The second-order valence-corrected chi connectivity index (χ2v) is 7.84. The maximum atomic E-state index is 12.4. The van der Waals surface area contributed by atoms with Crippen LogP contribution in [-0.4, -0.2) is 51.5 Å². The first-order chi connectivity index (χ1) is 13.0. The van der Waals surface area contributed by atoms with Gasteiger partial charge in [0.05, 0.1) is 6.04 Å². The third kappa shape index (κ3) is 3.25. The smallest absolute Gasteiger partial charge is 0.325 e. The Kier molecular flexibility index (Phi) is 4.52. The van der Waals surface area contributed by atoms with E-state index in [1.54, 1.807) is 13.8 Å². The molecule has 2 aliphatic heterocycles. The number of hydrogen-bond donors (Lipinski definition) is 1. The predicted molar refractivity (Wildman–Crippen MR) is 103 cm³/mol. The van der Waals surface area contributed by atoms with Gasteiger partial charge in [-0.2, -0.15) is 0 Å². The van der Waals surface area contributed by atoms with E-state index in [4.69, 9.17) is 0 Å². The van der Waals surface area contributed by atoms with E-state index in [1.807, 2.05) is 6.07 Å². The average molecular weight is 366 g/mol. The minimum Gasteiger partial charge on any atom is -0.348 e. The van der Waals surface area contributed by atoms with E-state index in [0.717, 1.165) is 26.1 Å². The summed E-state index contributed by atoms with van der Waals surface area (Å²) in [4.78, 5) is 28.2. The number of nitrogens with one attached hydrogen (secondary N) is 1. The third-order valence-corrected chi connectivity index (χ3v) is 5.52. The van der Waals surface area contributed by atoms with Gasteiger partial charge in [0.1, 0.15) is 5.54 Å². The Morgan fingerprint density at radius 2 is 1.81 bits per heavy atom. The summed E-state index contributed by atoms with van der Waals surface area (Å²) in [5.41, 5.74) is 1.77. The molecular weight excluding hydrogens is 340 g/mol. The fraction of sp³-hybridized carbons (Fsp3) is 0.429. The van der Waals surface area contributed by atoms with Gasteiger partial charge < -0.3 is 9.88 Å². The molecule has 0 aliphatic carbocycles. The number of hydrogen-bond acceptors (Lipinski definition) is 3. The SMILES string of the molecule is CC1(C)NC(=O)N(CCCN2CCn3cccc3C2c2ccccc2)C1=O. The molecule has 6 heteroatoms. The maximum Gasteiger partial charge on any atom is 0.325 e. The van der Waals surface area contributed by atoms with Crippen LogP contribution in [0.4, 0.5) is 4.79 Å². The molecule has 0 radical (unpaired) electrons. The molecule has 142 valence electrons. The molecule has 3 heterocycles. The van der Waals surface area contributed by atoms with Gasteiger partial charge in [-0.05, 0) is 38.0 Å². The molecule has 0 bridgehead atoms. The van der Waals surface area contributed by atoms with Gasteiger partial charge in [-0.15, -0.1) is 0 Å². The van der Waals surface area contributed by atoms with Crippen molar-refractivity contribution in [3.63, 3.8) is 0 Å². The number of urea groups is 1. The van der Waals surface area contributed by atoms with E-state index in [1.165, 1.54) is 16.2 Å². The van der Waals surface area contributed by atoms with Crippen LogP contribution in [0, 0.1) is 0 Å². The molecule has 1 N–H and O–H groups in total. The van der Waals surface area contributed by atoms with E-state index >= 15 is 0 Å². The predicted octanol–water partition coefficient (Wildman–Crippen LogP) is 2.61. The largest absolute Gasteiger partial charge is 0.348 e. The first-order valence-electron chi connectivity index (χ1n) is 9.55. The molecule has 2 aliphatic rings. The molecule has 4 rings (SSSR count). The van der Waals surface area contributed by atoms with Gasteiger partial charge in [-0.3, -0.25) is 14.6 Å². The molecule has 0 saturated carbocycles. The van der Waals surface area contributed by atoms with Crippen LogP contribution >= 0.6 is 0 Å². The maximum absolute atomic E-state index is 12.4. The minimum absolute atomic E-state index is 0.139. The zero-order valence-corrected chi connectivity index (χ0v) is 15.9. The topological polar surface area (TPSA) is 57.6 Å². The first kappa shape index (κ1) is 17.8. The highest BCUT2D eigenvalue weighted by Gasteiger charge is 2.43. The van der Waals surface area contributed by atoms with Crippen molar-refractivity contribution < 1.29 is 9.59 Å². The quantitative estimate of drug-likeness (QED) is 0.828. The Morgan fingerprint density at radius 1 is 1.04 bits per heavy atom. The van der Waals surface area contributed by atoms with Crippen molar-refractivity contribution in [1.29, 1.82) is 0 Å². The molecule has 1 aromatic heterocycles.